The van der Waals surface area contributed by atoms with E-state index in [1.807, 2.05) is 0 Å². The van der Waals surface area contributed by atoms with Gasteiger partial charge in [0.2, 0.25) is 0 Å². The molecule has 5 unspecified atom stereocenters. The first kappa shape index (κ1) is 111. The van der Waals surface area contributed by atoms with E-state index in [0.29, 0.717) is 19.3 Å². The SMILES string of the molecule is CC/C=C\C/C=C\C/C=C\C/C=C\C/C=C\CCCCCCCCCCCCCCCCCCCC(=O)OCC(O)COP(=O)(O)OCC(O)COP(=O)(O)OCC(COC(=O)CCCCCCCCCCCCCCCCCCC/C=C\C/C=C\C/C=C\C/C=C\CCCCC)OC(=O)CCCCCCCCCCCCCCC. The molecule has 0 amide bonds. The van der Waals surface area contributed by atoms with Crippen molar-refractivity contribution >= 4 is 33.6 Å². The Hall–Kier alpha value is -3.79. The second-order valence-corrected chi connectivity index (χ2v) is 34.7. The minimum atomic E-state index is -4.93. The first-order valence-corrected chi connectivity index (χ1v) is 50.2. The number of aliphatic hydroxyl groups is 2. The van der Waals surface area contributed by atoms with Gasteiger partial charge in [0.1, 0.15) is 25.4 Å². The molecule has 0 spiro atoms. The van der Waals surface area contributed by atoms with E-state index in [-0.39, 0.29) is 19.3 Å². The third kappa shape index (κ3) is 90.8. The van der Waals surface area contributed by atoms with Gasteiger partial charge in [-0.05, 0) is 109 Å². The van der Waals surface area contributed by atoms with E-state index in [1.165, 1.54) is 257 Å². The molecule has 0 saturated heterocycles. The van der Waals surface area contributed by atoms with E-state index in [4.69, 9.17) is 32.3 Å². The summed E-state index contributed by atoms with van der Waals surface area (Å²) in [5, 5.41) is 20.7. The largest absolute Gasteiger partial charge is 0.472 e. The molecule has 0 aromatic rings. The van der Waals surface area contributed by atoms with Crippen molar-refractivity contribution in [3.8, 4) is 0 Å². The lowest BCUT2D eigenvalue weighted by Crippen LogP contribution is -2.30. The fraction of sp³-hybridized carbons (Fsp3) is 0.784. The number of unbranched alkanes of at least 4 members (excludes halogenated alkanes) is 49. The van der Waals surface area contributed by atoms with Crippen molar-refractivity contribution in [2.75, 3.05) is 39.6 Å². The Morgan fingerprint density at radius 3 is 0.748 bits per heavy atom. The van der Waals surface area contributed by atoms with Crippen LogP contribution in [0.25, 0.3) is 0 Å². The van der Waals surface area contributed by atoms with E-state index >= 15 is 0 Å². The topological polar surface area (TPSA) is 231 Å². The number of rotatable bonds is 90. The number of aliphatic hydroxyl groups excluding tert-OH is 2. The van der Waals surface area contributed by atoms with Gasteiger partial charge in [-0.25, -0.2) is 9.13 Å². The molecule has 0 aromatic carbocycles. The van der Waals surface area contributed by atoms with Crippen LogP contribution in [0.15, 0.2) is 109 Å². The summed E-state index contributed by atoms with van der Waals surface area (Å²) < 4.78 is 61.4. The van der Waals surface area contributed by atoms with Gasteiger partial charge in [0.25, 0.3) is 0 Å². The summed E-state index contributed by atoms with van der Waals surface area (Å²) in [6.45, 7) is 2.62. The molecule has 16 nitrogen and oxygen atoms in total. The summed E-state index contributed by atoms with van der Waals surface area (Å²) in [5.41, 5.74) is 0. The lowest BCUT2D eigenvalue weighted by atomic mass is 10.0. The Morgan fingerprint density at radius 2 is 0.461 bits per heavy atom. The molecule has 0 aliphatic rings. The van der Waals surface area contributed by atoms with Gasteiger partial charge >= 0.3 is 33.6 Å². The van der Waals surface area contributed by atoms with Crippen molar-refractivity contribution in [1.29, 1.82) is 0 Å². The molecule has 0 fully saturated rings. The predicted molar refractivity (Wildman–Crippen MR) is 482 cm³/mol. The molecule has 0 rings (SSSR count). The Bertz CT molecular complexity index is 2520. The third-order valence-corrected chi connectivity index (χ3v) is 22.4. The number of carbonyl (C=O) groups excluding carboxylic acids is 3. The highest BCUT2D eigenvalue weighted by Crippen LogP contribution is 2.45. The van der Waals surface area contributed by atoms with Gasteiger partial charge < -0.3 is 34.2 Å². The summed E-state index contributed by atoms with van der Waals surface area (Å²) >= 11 is 0. The van der Waals surface area contributed by atoms with Crippen molar-refractivity contribution < 1.29 is 75.8 Å². The van der Waals surface area contributed by atoms with Gasteiger partial charge in [0.05, 0.1) is 26.4 Å². The van der Waals surface area contributed by atoms with Crippen molar-refractivity contribution in [2.45, 2.75) is 450 Å². The van der Waals surface area contributed by atoms with Crippen LogP contribution in [0.3, 0.4) is 0 Å². The summed E-state index contributed by atoms with van der Waals surface area (Å²) in [6.07, 6.45) is 109. The molecule has 0 bridgehead atoms. The number of esters is 3. The Balaban J connectivity index is 4.36. The highest BCUT2D eigenvalue weighted by molar-refractivity contribution is 7.47. The number of phosphoric acid groups is 2. The number of phosphoric ester groups is 2. The average molecular weight is 1660 g/mol. The standard InChI is InChI=1S/C97H174O16P2/c1-4-7-10-13-16-19-22-25-27-29-31-33-35-37-39-41-43-45-47-49-51-53-55-57-59-61-63-66-68-71-74-77-80-83-95(100)107-86-92(98)87-109-114(103,104)110-88-93(99)89-111-115(105,106)112-91-94(113-97(102)85-82-79-76-73-70-65-24-21-18-15-12-9-6-3)90-108-96(101)84-81-78-75-72-69-67-64-62-60-58-56-54-52-50-48-46-44-42-40-38-36-34-32-30-28-26-23-20-17-14-11-8-5-2/h7,10,16-17,19-20,25-28,31-34,37-40,92-94,98-99H,4-6,8-9,11-15,18,21-24,29-30,35-36,41-91H2,1-3H3,(H,103,104)(H,105,106)/b10-7-,19-16-,20-17-,27-25-,28-26-,33-31-,34-32-,39-37-,40-38-. The fourth-order valence-corrected chi connectivity index (χ4v) is 14.9. The zero-order valence-electron chi connectivity index (χ0n) is 73.7. The van der Waals surface area contributed by atoms with Gasteiger partial charge in [-0.1, -0.05) is 413 Å². The van der Waals surface area contributed by atoms with Gasteiger partial charge in [-0.15, -0.1) is 0 Å². The third-order valence-electron chi connectivity index (χ3n) is 20.5. The van der Waals surface area contributed by atoms with Crippen LogP contribution in [0.4, 0.5) is 0 Å². The second kappa shape index (κ2) is 89.5. The van der Waals surface area contributed by atoms with E-state index in [0.717, 1.165) is 116 Å². The monoisotopic (exact) mass is 1660 g/mol. The molecule has 0 aromatic heterocycles. The van der Waals surface area contributed by atoms with Gasteiger partial charge in [-0.3, -0.25) is 32.5 Å². The zero-order valence-corrected chi connectivity index (χ0v) is 75.5. The average Bonchev–Trinajstić information content (AvgIpc) is 0.901. The van der Waals surface area contributed by atoms with Crippen LogP contribution < -0.4 is 0 Å². The van der Waals surface area contributed by atoms with Crippen molar-refractivity contribution in [3.05, 3.63) is 109 Å². The molecule has 115 heavy (non-hydrogen) atoms. The first-order chi connectivity index (χ1) is 56.2. The van der Waals surface area contributed by atoms with Crippen molar-refractivity contribution in [2.24, 2.45) is 0 Å². The zero-order chi connectivity index (χ0) is 83.6. The van der Waals surface area contributed by atoms with Gasteiger partial charge in [0, 0.05) is 19.3 Å². The molecule has 0 aliphatic carbocycles. The summed E-state index contributed by atoms with van der Waals surface area (Å²) in [7, 11) is -9.79. The van der Waals surface area contributed by atoms with Gasteiger partial charge in [-0.2, -0.15) is 0 Å². The normalized spacial score (nSPS) is 14.3. The van der Waals surface area contributed by atoms with Crippen LogP contribution in [-0.4, -0.2) is 95.9 Å². The van der Waals surface area contributed by atoms with Crippen molar-refractivity contribution in [3.63, 3.8) is 0 Å². The van der Waals surface area contributed by atoms with E-state index in [1.54, 1.807) is 0 Å². The molecule has 0 aliphatic heterocycles. The lowest BCUT2D eigenvalue weighted by Gasteiger charge is -2.21. The first-order valence-electron chi connectivity index (χ1n) is 47.2. The molecule has 0 saturated carbocycles. The maximum atomic E-state index is 13.0. The van der Waals surface area contributed by atoms with Crippen LogP contribution in [0.5, 0.6) is 0 Å². The molecule has 18 heteroatoms. The minimum Gasteiger partial charge on any atom is -0.463 e. The summed E-state index contributed by atoms with van der Waals surface area (Å²) in [4.78, 5) is 58.9. The summed E-state index contributed by atoms with van der Waals surface area (Å²) in [6, 6.07) is 0. The van der Waals surface area contributed by atoms with Crippen molar-refractivity contribution in [1.82, 2.24) is 0 Å². The maximum Gasteiger partial charge on any atom is 0.472 e. The molecule has 0 heterocycles. The Morgan fingerprint density at radius 1 is 0.252 bits per heavy atom. The molecule has 668 valence electrons. The van der Waals surface area contributed by atoms with E-state index in [2.05, 4.69) is 130 Å². The molecule has 4 N–H and O–H groups in total. The molecular formula is C97H174O16P2. The Kier molecular flexibility index (Phi) is 86.5. The number of allylic oxidation sites excluding steroid dienone is 18. The maximum absolute atomic E-state index is 13.0. The van der Waals surface area contributed by atoms with Crippen LogP contribution in [0.2, 0.25) is 0 Å². The highest BCUT2D eigenvalue weighted by Gasteiger charge is 2.30. The van der Waals surface area contributed by atoms with Crippen LogP contribution in [-0.2, 0) is 55.8 Å². The molecular weight excluding hydrogens is 1480 g/mol. The number of hydrogen-bond donors (Lipinski definition) is 4. The lowest BCUT2D eigenvalue weighted by molar-refractivity contribution is -0.161. The quantitative estimate of drug-likeness (QED) is 0.0146. The number of ether oxygens (including phenoxy) is 3. The smallest absolute Gasteiger partial charge is 0.463 e. The van der Waals surface area contributed by atoms with E-state index < -0.39 is 91.5 Å². The van der Waals surface area contributed by atoms with E-state index in [9.17, 15) is 43.5 Å². The van der Waals surface area contributed by atoms with Crippen LogP contribution in [0.1, 0.15) is 432 Å². The fourth-order valence-electron chi connectivity index (χ4n) is 13.4. The predicted octanol–water partition coefficient (Wildman–Crippen LogP) is 29.0. The highest BCUT2D eigenvalue weighted by atomic mass is 31.2. The molecule has 5 atom stereocenters. The minimum absolute atomic E-state index is 0.111. The summed E-state index contributed by atoms with van der Waals surface area (Å²) in [5.74, 6) is -1.55. The van der Waals surface area contributed by atoms with Crippen LogP contribution in [0, 0.1) is 0 Å². The number of hydrogen-bond acceptors (Lipinski definition) is 14. The number of carbonyl (C=O) groups is 3. The second-order valence-electron chi connectivity index (χ2n) is 31.8. The van der Waals surface area contributed by atoms with Gasteiger partial charge in [0.15, 0.2) is 6.10 Å². The Labute approximate surface area is 704 Å². The van der Waals surface area contributed by atoms with Crippen LogP contribution >= 0.6 is 15.6 Å². The molecule has 0 radical (unpaired) electrons.